The molecular formula is C13H11O3P-2. The third-order valence-corrected chi connectivity index (χ3v) is 3.78. The highest BCUT2D eigenvalue weighted by atomic mass is 31.2. The highest BCUT2D eigenvalue weighted by molar-refractivity contribution is 7.49. The summed E-state index contributed by atoms with van der Waals surface area (Å²) in [6.07, 6.45) is 0. The summed E-state index contributed by atoms with van der Waals surface area (Å²) in [6.45, 7) is 0. The predicted octanol–water partition coefficient (Wildman–Crippen LogP) is 1.69. The molecule has 0 spiro atoms. The molecule has 0 aliphatic carbocycles. The third-order valence-electron chi connectivity index (χ3n) is 2.55. The molecule has 0 aliphatic rings. The van der Waals surface area contributed by atoms with Crippen molar-refractivity contribution >= 4 is 7.60 Å². The Morgan fingerprint density at radius 2 is 1.12 bits per heavy atom. The maximum absolute atomic E-state index is 11.4. The molecule has 0 amide bonds. The van der Waals surface area contributed by atoms with Crippen LogP contribution >= 0.6 is 7.60 Å². The van der Waals surface area contributed by atoms with Crippen molar-refractivity contribution in [2.45, 2.75) is 5.66 Å². The molecule has 2 rings (SSSR count). The van der Waals surface area contributed by atoms with Gasteiger partial charge in [-0.3, -0.25) is 0 Å². The normalized spacial score (nSPS) is 11.7. The molecule has 3 nitrogen and oxygen atoms in total. The third kappa shape index (κ3) is 2.83. The molecule has 0 unspecified atom stereocenters. The summed E-state index contributed by atoms with van der Waals surface area (Å²) in [5.41, 5.74) is -0.0935. The van der Waals surface area contributed by atoms with E-state index < -0.39 is 13.3 Å². The fourth-order valence-corrected chi connectivity index (χ4v) is 2.90. The molecule has 17 heavy (non-hydrogen) atoms. The van der Waals surface area contributed by atoms with Crippen LogP contribution in [0.15, 0.2) is 60.7 Å². The number of hydrogen-bond acceptors (Lipinski definition) is 3. The molecule has 0 aromatic heterocycles. The average molecular weight is 246 g/mol. The van der Waals surface area contributed by atoms with E-state index in [0.29, 0.717) is 11.1 Å². The molecule has 4 heteroatoms. The summed E-state index contributed by atoms with van der Waals surface area (Å²) in [6, 6.07) is 17.1. The molecule has 0 radical (unpaired) electrons. The van der Waals surface area contributed by atoms with E-state index >= 15 is 0 Å². The van der Waals surface area contributed by atoms with E-state index in [-0.39, 0.29) is 0 Å². The molecule has 88 valence electrons. The van der Waals surface area contributed by atoms with Crippen LogP contribution in [0.5, 0.6) is 0 Å². The number of hydrogen-bond donors (Lipinski definition) is 0. The van der Waals surface area contributed by atoms with E-state index in [2.05, 4.69) is 0 Å². The average Bonchev–Trinajstić information content (AvgIpc) is 2.30. The summed E-state index contributed by atoms with van der Waals surface area (Å²) in [4.78, 5) is 22.8. The van der Waals surface area contributed by atoms with E-state index in [9.17, 15) is 14.4 Å². The van der Waals surface area contributed by atoms with Crippen LogP contribution in [0.25, 0.3) is 0 Å². The predicted molar refractivity (Wildman–Crippen MR) is 62.3 cm³/mol. The van der Waals surface area contributed by atoms with Gasteiger partial charge in [-0.2, -0.15) is 0 Å². The van der Waals surface area contributed by atoms with Gasteiger partial charge in [0.05, 0.1) is 0 Å². The zero-order valence-electron chi connectivity index (χ0n) is 9.02. The fourth-order valence-electron chi connectivity index (χ4n) is 1.83. The van der Waals surface area contributed by atoms with Crippen LogP contribution < -0.4 is 9.79 Å². The summed E-state index contributed by atoms with van der Waals surface area (Å²) in [7, 11) is -4.72. The second-order valence-electron chi connectivity index (χ2n) is 3.76. The lowest BCUT2D eigenvalue weighted by atomic mass is 10.0. The second kappa shape index (κ2) is 4.84. The molecule has 2 aromatic rings. The molecule has 2 aromatic carbocycles. The molecule has 0 atom stereocenters. The van der Waals surface area contributed by atoms with Crippen molar-refractivity contribution in [2.75, 3.05) is 0 Å². The summed E-state index contributed by atoms with van der Waals surface area (Å²) in [5, 5.41) is 0. The van der Waals surface area contributed by atoms with Gasteiger partial charge in [0.15, 0.2) is 0 Å². The van der Waals surface area contributed by atoms with Gasteiger partial charge in [-0.15, -0.1) is 0 Å². The van der Waals surface area contributed by atoms with Crippen molar-refractivity contribution < 1.29 is 14.4 Å². The highest BCUT2D eigenvalue weighted by Crippen LogP contribution is 2.48. The maximum Gasteiger partial charge on any atom is 0.0366 e. The van der Waals surface area contributed by atoms with Crippen LogP contribution in [0.3, 0.4) is 0 Å². The van der Waals surface area contributed by atoms with Gasteiger partial charge in [0.1, 0.15) is 0 Å². The zero-order chi connectivity index (χ0) is 12.3. The first kappa shape index (κ1) is 12.1. The lowest BCUT2D eigenvalue weighted by Gasteiger charge is -2.39. The molecule has 0 saturated heterocycles. The minimum Gasteiger partial charge on any atom is -0.810 e. The Hall–Kier alpha value is -1.41. The van der Waals surface area contributed by atoms with Crippen LogP contribution in [0.1, 0.15) is 16.8 Å². The van der Waals surface area contributed by atoms with Crippen LogP contribution in [-0.2, 0) is 4.57 Å². The van der Waals surface area contributed by atoms with Gasteiger partial charge in [0.25, 0.3) is 0 Å². The largest absolute Gasteiger partial charge is 0.810 e. The van der Waals surface area contributed by atoms with Crippen LogP contribution in [0.2, 0.25) is 0 Å². The Balaban J connectivity index is 2.52. The first-order valence-corrected chi connectivity index (χ1v) is 6.82. The molecule has 0 N–H and O–H groups in total. The van der Waals surface area contributed by atoms with E-state index in [4.69, 9.17) is 0 Å². The minimum atomic E-state index is -4.72. The van der Waals surface area contributed by atoms with Gasteiger partial charge in [0, 0.05) is 5.66 Å². The van der Waals surface area contributed by atoms with Crippen molar-refractivity contribution in [1.82, 2.24) is 0 Å². The first-order valence-electron chi connectivity index (χ1n) is 5.20. The van der Waals surface area contributed by atoms with E-state index in [1.807, 2.05) is 0 Å². The lowest BCUT2D eigenvalue weighted by molar-refractivity contribution is -0.316. The Morgan fingerprint density at radius 3 is 1.41 bits per heavy atom. The summed E-state index contributed by atoms with van der Waals surface area (Å²) in [5.74, 6) is 0. The fraction of sp³-hybridized carbons (Fsp3) is 0.0769. The summed E-state index contributed by atoms with van der Waals surface area (Å²) >= 11 is 0. The number of rotatable bonds is 3. The Bertz CT molecular complexity index is 479. The molecular weight excluding hydrogens is 235 g/mol. The topological polar surface area (TPSA) is 63.2 Å². The molecule has 0 bridgehead atoms. The second-order valence-corrected chi connectivity index (χ2v) is 5.36. The Morgan fingerprint density at radius 1 is 0.765 bits per heavy atom. The van der Waals surface area contributed by atoms with E-state index in [0.717, 1.165) is 0 Å². The SMILES string of the molecule is O=P([O-])([O-])C(c1ccccc1)c1ccccc1. The van der Waals surface area contributed by atoms with Crippen molar-refractivity contribution in [3.05, 3.63) is 71.8 Å². The van der Waals surface area contributed by atoms with Crippen LogP contribution in [-0.4, -0.2) is 0 Å². The standard InChI is InChI=1S/C13H13O3P/c14-17(15,16)13(11-7-3-1-4-8-11)12-9-5-2-6-10-12/h1-10,13H,(H2,14,15,16)/p-2. The maximum atomic E-state index is 11.4. The van der Waals surface area contributed by atoms with Crippen molar-refractivity contribution in [3.8, 4) is 0 Å². The van der Waals surface area contributed by atoms with Gasteiger partial charge in [-0.1, -0.05) is 68.3 Å². The van der Waals surface area contributed by atoms with Crippen molar-refractivity contribution in [1.29, 1.82) is 0 Å². The Kier molecular flexibility index (Phi) is 3.43. The summed E-state index contributed by atoms with van der Waals surface area (Å²) < 4.78 is 11.4. The molecule has 0 saturated carbocycles. The van der Waals surface area contributed by atoms with Gasteiger partial charge < -0.3 is 14.4 Å². The highest BCUT2D eigenvalue weighted by Gasteiger charge is 2.17. The monoisotopic (exact) mass is 246 g/mol. The van der Waals surface area contributed by atoms with Gasteiger partial charge >= 0.3 is 0 Å². The lowest BCUT2D eigenvalue weighted by Crippen LogP contribution is -2.21. The van der Waals surface area contributed by atoms with E-state index in [1.54, 1.807) is 60.7 Å². The molecule has 0 fully saturated rings. The van der Waals surface area contributed by atoms with Crippen molar-refractivity contribution in [3.63, 3.8) is 0 Å². The number of benzene rings is 2. The molecule has 0 heterocycles. The van der Waals surface area contributed by atoms with Gasteiger partial charge in [0.2, 0.25) is 0 Å². The Labute approximate surface area is 99.9 Å². The van der Waals surface area contributed by atoms with Gasteiger partial charge in [-0.25, -0.2) is 0 Å². The zero-order valence-corrected chi connectivity index (χ0v) is 9.92. The van der Waals surface area contributed by atoms with Gasteiger partial charge in [-0.05, 0) is 11.1 Å². The van der Waals surface area contributed by atoms with E-state index in [1.165, 1.54) is 0 Å². The molecule has 0 aliphatic heterocycles. The van der Waals surface area contributed by atoms with Crippen LogP contribution in [0.4, 0.5) is 0 Å². The quantitative estimate of drug-likeness (QED) is 0.774. The van der Waals surface area contributed by atoms with Crippen molar-refractivity contribution in [2.24, 2.45) is 0 Å². The first-order chi connectivity index (χ1) is 8.09. The smallest absolute Gasteiger partial charge is 0.0366 e. The minimum absolute atomic E-state index is 0.507. The van der Waals surface area contributed by atoms with Crippen LogP contribution in [0, 0.1) is 0 Å².